The molecule has 1 rings (SSSR count). The normalized spacial score (nSPS) is 12.0. The Morgan fingerprint density at radius 3 is 2.45 bits per heavy atom. The lowest BCUT2D eigenvalue weighted by atomic mass is 10.2. The third-order valence-electron chi connectivity index (χ3n) is 2.78. The van der Waals surface area contributed by atoms with Gasteiger partial charge in [-0.2, -0.15) is 13.2 Å². The highest BCUT2D eigenvalue weighted by atomic mass is 19.4. The molecular formula is C13H21F3N4. The van der Waals surface area contributed by atoms with Gasteiger partial charge in [0, 0.05) is 19.0 Å². The molecule has 1 aromatic heterocycles. The van der Waals surface area contributed by atoms with E-state index in [4.69, 9.17) is 5.73 Å². The predicted octanol–water partition coefficient (Wildman–Crippen LogP) is 2.84. The molecule has 0 bridgehead atoms. The number of hydrogen-bond acceptors (Lipinski definition) is 4. The van der Waals surface area contributed by atoms with Gasteiger partial charge in [-0.15, -0.1) is 0 Å². The first-order chi connectivity index (χ1) is 9.28. The largest absolute Gasteiger partial charge is 0.405 e. The van der Waals surface area contributed by atoms with Crippen LogP contribution >= 0.6 is 0 Å². The average Bonchev–Trinajstić information content (AvgIpc) is 2.35. The van der Waals surface area contributed by atoms with Crippen molar-refractivity contribution in [2.75, 3.05) is 18.0 Å². The van der Waals surface area contributed by atoms with Gasteiger partial charge in [-0.3, -0.25) is 0 Å². The lowest BCUT2D eigenvalue weighted by Gasteiger charge is -2.27. The van der Waals surface area contributed by atoms with Crippen molar-refractivity contribution >= 4 is 5.69 Å². The van der Waals surface area contributed by atoms with Crippen molar-refractivity contribution in [2.45, 2.75) is 45.8 Å². The van der Waals surface area contributed by atoms with E-state index in [0.29, 0.717) is 23.6 Å². The van der Waals surface area contributed by atoms with Crippen LogP contribution in [-0.4, -0.2) is 29.2 Å². The molecule has 4 nitrogen and oxygen atoms in total. The van der Waals surface area contributed by atoms with Crippen LogP contribution in [0.15, 0.2) is 6.20 Å². The highest BCUT2D eigenvalue weighted by Crippen LogP contribution is 2.25. The number of aromatic nitrogens is 2. The molecule has 114 valence electrons. The zero-order chi connectivity index (χ0) is 15.3. The molecule has 0 aliphatic carbocycles. The Morgan fingerprint density at radius 2 is 2.00 bits per heavy atom. The van der Waals surface area contributed by atoms with Crippen LogP contribution in [0.5, 0.6) is 0 Å². The molecule has 0 unspecified atom stereocenters. The van der Waals surface area contributed by atoms with Crippen LogP contribution in [0, 0.1) is 0 Å². The first-order valence-electron chi connectivity index (χ1n) is 6.66. The number of hydrogen-bond donors (Lipinski definition) is 1. The standard InChI is InChI=1S/C13H21F3N4/c1-4-5-20(8-13(14,15)16)11-7-18-12(9(2)3)19-10(11)6-17/h7,9H,4-6,8,17H2,1-3H3. The van der Waals surface area contributed by atoms with Gasteiger partial charge in [-0.1, -0.05) is 20.8 Å². The molecule has 0 amide bonds. The maximum atomic E-state index is 12.6. The summed E-state index contributed by atoms with van der Waals surface area (Å²) >= 11 is 0. The van der Waals surface area contributed by atoms with E-state index >= 15 is 0 Å². The Kier molecular flexibility index (Phi) is 5.74. The molecule has 2 N–H and O–H groups in total. The fourth-order valence-electron chi connectivity index (χ4n) is 1.89. The van der Waals surface area contributed by atoms with Gasteiger partial charge in [0.25, 0.3) is 0 Å². The number of nitrogens with two attached hydrogens (primary N) is 1. The minimum atomic E-state index is -4.27. The van der Waals surface area contributed by atoms with Gasteiger partial charge in [-0.25, -0.2) is 9.97 Å². The lowest BCUT2D eigenvalue weighted by molar-refractivity contribution is -0.119. The second-order valence-electron chi connectivity index (χ2n) is 4.96. The number of alkyl halides is 3. The van der Waals surface area contributed by atoms with Gasteiger partial charge in [0.15, 0.2) is 0 Å². The van der Waals surface area contributed by atoms with Crippen LogP contribution in [0.3, 0.4) is 0 Å². The van der Waals surface area contributed by atoms with Crippen molar-refractivity contribution in [3.05, 3.63) is 17.7 Å². The monoisotopic (exact) mass is 290 g/mol. The van der Waals surface area contributed by atoms with E-state index in [1.54, 1.807) is 0 Å². The zero-order valence-electron chi connectivity index (χ0n) is 12.0. The fourth-order valence-corrected chi connectivity index (χ4v) is 1.89. The summed E-state index contributed by atoms with van der Waals surface area (Å²) in [5.74, 6) is 0.703. The third-order valence-corrected chi connectivity index (χ3v) is 2.78. The van der Waals surface area contributed by atoms with Crippen LogP contribution in [0.25, 0.3) is 0 Å². The first-order valence-corrected chi connectivity index (χ1v) is 6.66. The highest BCUT2D eigenvalue weighted by Gasteiger charge is 2.31. The smallest absolute Gasteiger partial charge is 0.360 e. The Labute approximate surface area is 117 Å². The van der Waals surface area contributed by atoms with Crippen molar-refractivity contribution in [3.63, 3.8) is 0 Å². The van der Waals surface area contributed by atoms with E-state index in [2.05, 4.69) is 9.97 Å². The lowest BCUT2D eigenvalue weighted by Crippen LogP contribution is -2.36. The van der Waals surface area contributed by atoms with Crippen molar-refractivity contribution in [1.82, 2.24) is 9.97 Å². The van der Waals surface area contributed by atoms with E-state index in [0.717, 1.165) is 0 Å². The van der Waals surface area contributed by atoms with Gasteiger partial charge >= 0.3 is 6.18 Å². The molecule has 0 saturated heterocycles. The van der Waals surface area contributed by atoms with Crippen LogP contribution in [-0.2, 0) is 6.54 Å². The maximum Gasteiger partial charge on any atom is 0.405 e. The summed E-state index contributed by atoms with van der Waals surface area (Å²) in [6.45, 7) is 5.04. The van der Waals surface area contributed by atoms with E-state index in [9.17, 15) is 13.2 Å². The van der Waals surface area contributed by atoms with Crippen LogP contribution in [0.4, 0.5) is 18.9 Å². The molecule has 0 aliphatic heterocycles. The molecule has 0 spiro atoms. The number of nitrogens with zero attached hydrogens (tertiary/aromatic N) is 3. The third kappa shape index (κ3) is 4.63. The average molecular weight is 290 g/mol. The summed E-state index contributed by atoms with van der Waals surface area (Å²) in [5.41, 5.74) is 6.45. The molecule has 0 atom stereocenters. The second kappa shape index (κ2) is 6.88. The van der Waals surface area contributed by atoms with E-state index in [-0.39, 0.29) is 19.0 Å². The van der Waals surface area contributed by atoms with Gasteiger partial charge in [-0.05, 0) is 6.42 Å². The highest BCUT2D eigenvalue weighted by molar-refractivity contribution is 5.49. The van der Waals surface area contributed by atoms with E-state index in [1.807, 2.05) is 20.8 Å². The van der Waals surface area contributed by atoms with Crippen molar-refractivity contribution in [3.8, 4) is 0 Å². The molecule has 1 heterocycles. The Hall–Kier alpha value is -1.37. The summed E-state index contributed by atoms with van der Waals surface area (Å²) in [7, 11) is 0. The Morgan fingerprint density at radius 1 is 1.35 bits per heavy atom. The Bertz CT molecular complexity index is 432. The van der Waals surface area contributed by atoms with E-state index < -0.39 is 12.7 Å². The second-order valence-corrected chi connectivity index (χ2v) is 4.96. The van der Waals surface area contributed by atoms with Gasteiger partial charge < -0.3 is 10.6 Å². The van der Waals surface area contributed by atoms with Gasteiger partial charge in [0.05, 0.1) is 17.6 Å². The molecular weight excluding hydrogens is 269 g/mol. The van der Waals surface area contributed by atoms with Crippen LogP contribution < -0.4 is 10.6 Å². The number of halogens is 3. The minimum absolute atomic E-state index is 0.0929. The number of rotatable bonds is 6. The SMILES string of the molecule is CCCN(CC(F)(F)F)c1cnc(C(C)C)nc1CN. The molecule has 0 aliphatic rings. The maximum absolute atomic E-state index is 12.6. The molecule has 0 saturated carbocycles. The molecule has 7 heteroatoms. The van der Waals surface area contributed by atoms with Gasteiger partial charge in [0.2, 0.25) is 0 Å². The van der Waals surface area contributed by atoms with Crippen molar-refractivity contribution in [1.29, 1.82) is 0 Å². The summed E-state index contributed by atoms with van der Waals surface area (Å²) in [6, 6.07) is 0. The molecule has 1 aromatic rings. The fraction of sp³-hybridized carbons (Fsp3) is 0.692. The van der Waals surface area contributed by atoms with E-state index in [1.165, 1.54) is 11.1 Å². The first kappa shape index (κ1) is 16.7. The van der Waals surface area contributed by atoms with Gasteiger partial charge in [0.1, 0.15) is 12.4 Å². The topological polar surface area (TPSA) is 55.0 Å². The summed E-state index contributed by atoms with van der Waals surface area (Å²) < 4.78 is 37.9. The summed E-state index contributed by atoms with van der Waals surface area (Å²) in [5, 5.41) is 0. The zero-order valence-corrected chi connectivity index (χ0v) is 12.0. The van der Waals surface area contributed by atoms with Crippen molar-refractivity contribution in [2.24, 2.45) is 5.73 Å². The van der Waals surface area contributed by atoms with Crippen LogP contribution in [0.1, 0.15) is 44.6 Å². The number of anilines is 1. The molecule has 0 fully saturated rings. The minimum Gasteiger partial charge on any atom is -0.360 e. The Balaban J connectivity index is 3.12. The molecule has 0 aromatic carbocycles. The molecule has 20 heavy (non-hydrogen) atoms. The summed E-state index contributed by atoms with van der Waals surface area (Å²) in [6.07, 6.45) is -2.21. The predicted molar refractivity (Wildman–Crippen MR) is 72.6 cm³/mol. The van der Waals surface area contributed by atoms with Crippen molar-refractivity contribution < 1.29 is 13.2 Å². The quantitative estimate of drug-likeness (QED) is 0.875. The van der Waals surface area contributed by atoms with Crippen LogP contribution in [0.2, 0.25) is 0 Å². The summed E-state index contributed by atoms with van der Waals surface area (Å²) in [4.78, 5) is 9.67. The molecule has 0 radical (unpaired) electrons.